The van der Waals surface area contributed by atoms with Gasteiger partial charge in [-0.25, -0.2) is 0 Å². The summed E-state index contributed by atoms with van der Waals surface area (Å²) in [6.07, 6.45) is 1.81. The van der Waals surface area contributed by atoms with Crippen molar-refractivity contribution in [2.24, 2.45) is 5.92 Å². The van der Waals surface area contributed by atoms with Crippen LogP contribution in [0.5, 0.6) is 0 Å². The molecule has 2 rings (SSSR count). The van der Waals surface area contributed by atoms with Crippen LogP contribution in [0, 0.1) is 5.92 Å². The highest BCUT2D eigenvalue weighted by molar-refractivity contribution is 5.93. The lowest BCUT2D eigenvalue weighted by atomic mass is 9.94. The fourth-order valence-electron chi connectivity index (χ4n) is 2.79. The van der Waals surface area contributed by atoms with Crippen LogP contribution in [0.2, 0.25) is 0 Å². The molecule has 1 aromatic carbocycles. The third-order valence-electron chi connectivity index (χ3n) is 4.16. The van der Waals surface area contributed by atoms with Crippen LogP contribution in [-0.2, 0) is 16.1 Å². The molecule has 2 atom stereocenters. The number of carbonyl (C=O) groups excluding carboxylic acids is 2. The molecule has 1 saturated heterocycles. The quantitative estimate of drug-likeness (QED) is 0.923. The molecule has 1 aliphatic heterocycles. The summed E-state index contributed by atoms with van der Waals surface area (Å²) >= 11 is 0. The normalized spacial score (nSPS) is 21.2. The van der Waals surface area contributed by atoms with Gasteiger partial charge in [-0.05, 0) is 37.5 Å². The molecule has 1 aromatic rings. The number of rotatable bonds is 4. The van der Waals surface area contributed by atoms with Crippen molar-refractivity contribution in [1.29, 1.82) is 0 Å². The van der Waals surface area contributed by atoms with Gasteiger partial charge >= 0.3 is 0 Å². The lowest BCUT2D eigenvalue weighted by Gasteiger charge is -2.31. The van der Waals surface area contributed by atoms with Crippen LogP contribution in [0.3, 0.4) is 0 Å². The lowest BCUT2D eigenvalue weighted by Crippen LogP contribution is -2.40. The SMILES string of the molecule is CNC(=O)c1ccc(CN(C)C(=O)[C@H]2CCCO[C@H]2C)cc1. The summed E-state index contributed by atoms with van der Waals surface area (Å²) in [5, 5.41) is 2.59. The van der Waals surface area contributed by atoms with Crippen molar-refractivity contribution in [2.75, 3.05) is 20.7 Å². The predicted octanol–water partition coefficient (Wildman–Crippen LogP) is 1.82. The fraction of sp³-hybridized carbons (Fsp3) is 0.529. The number of nitrogens with zero attached hydrogens (tertiary/aromatic N) is 1. The molecule has 5 nitrogen and oxygen atoms in total. The molecule has 5 heteroatoms. The number of amides is 2. The number of ether oxygens (including phenoxy) is 1. The first-order valence-electron chi connectivity index (χ1n) is 7.70. The van der Waals surface area contributed by atoms with Gasteiger partial charge in [0.15, 0.2) is 0 Å². The fourth-order valence-corrected chi connectivity index (χ4v) is 2.79. The van der Waals surface area contributed by atoms with Gasteiger partial charge in [-0.15, -0.1) is 0 Å². The second-order valence-electron chi connectivity index (χ2n) is 5.79. The number of benzene rings is 1. The Morgan fingerprint density at radius 2 is 2.00 bits per heavy atom. The predicted molar refractivity (Wildman–Crippen MR) is 84.4 cm³/mol. The molecule has 0 aromatic heterocycles. The van der Waals surface area contributed by atoms with E-state index in [1.54, 1.807) is 24.1 Å². The second-order valence-corrected chi connectivity index (χ2v) is 5.79. The lowest BCUT2D eigenvalue weighted by molar-refractivity contribution is -0.143. The zero-order valence-corrected chi connectivity index (χ0v) is 13.5. The largest absolute Gasteiger partial charge is 0.378 e. The maximum atomic E-state index is 12.5. The summed E-state index contributed by atoms with van der Waals surface area (Å²) in [5.41, 5.74) is 1.63. The zero-order chi connectivity index (χ0) is 16.1. The molecule has 0 unspecified atom stereocenters. The summed E-state index contributed by atoms with van der Waals surface area (Å²) < 4.78 is 5.57. The Kier molecular flexibility index (Phi) is 5.55. The standard InChI is InChI=1S/C17H24N2O3/c1-12-15(5-4-10-22-12)17(21)19(3)11-13-6-8-14(9-7-13)16(20)18-2/h6-9,12,15H,4-5,10-11H2,1-3H3,(H,18,20)/t12-,15-/m0/s1. The van der Waals surface area contributed by atoms with E-state index in [1.807, 2.05) is 26.1 Å². The number of hydrogen-bond donors (Lipinski definition) is 1. The third-order valence-corrected chi connectivity index (χ3v) is 4.16. The zero-order valence-electron chi connectivity index (χ0n) is 13.5. The number of nitrogens with one attached hydrogen (secondary N) is 1. The average molecular weight is 304 g/mol. The van der Waals surface area contributed by atoms with E-state index in [1.165, 1.54) is 0 Å². The molecule has 1 N–H and O–H groups in total. The molecule has 22 heavy (non-hydrogen) atoms. The van der Waals surface area contributed by atoms with Gasteiger partial charge in [0.25, 0.3) is 5.91 Å². The molecule has 1 fully saturated rings. The first-order chi connectivity index (χ1) is 10.5. The minimum Gasteiger partial charge on any atom is -0.378 e. The van der Waals surface area contributed by atoms with Crippen molar-refractivity contribution in [2.45, 2.75) is 32.4 Å². The van der Waals surface area contributed by atoms with Crippen LogP contribution >= 0.6 is 0 Å². The van der Waals surface area contributed by atoms with Crippen molar-refractivity contribution < 1.29 is 14.3 Å². The van der Waals surface area contributed by atoms with Crippen molar-refractivity contribution in [1.82, 2.24) is 10.2 Å². The van der Waals surface area contributed by atoms with E-state index < -0.39 is 0 Å². The highest BCUT2D eigenvalue weighted by atomic mass is 16.5. The molecule has 0 radical (unpaired) electrons. The van der Waals surface area contributed by atoms with Crippen molar-refractivity contribution >= 4 is 11.8 Å². The Hall–Kier alpha value is -1.88. The Bertz CT molecular complexity index is 527. The molecule has 0 aliphatic carbocycles. The van der Waals surface area contributed by atoms with E-state index in [2.05, 4.69) is 5.32 Å². The van der Waals surface area contributed by atoms with Gasteiger partial charge in [-0.2, -0.15) is 0 Å². The van der Waals surface area contributed by atoms with Gasteiger partial charge in [0.05, 0.1) is 12.0 Å². The Morgan fingerprint density at radius 1 is 1.32 bits per heavy atom. The van der Waals surface area contributed by atoms with Gasteiger partial charge in [-0.1, -0.05) is 12.1 Å². The van der Waals surface area contributed by atoms with Crippen LogP contribution in [0.4, 0.5) is 0 Å². The van der Waals surface area contributed by atoms with E-state index >= 15 is 0 Å². The topological polar surface area (TPSA) is 58.6 Å². The van der Waals surface area contributed by atoms with E-state index in [9.17, 15) is 9.59 Å². The Morgan fingerprint density at radius 3 is 2.59 bits per heavy atom. The van der Waals surface area contributed by atoms with Crippen molar-refractivity contribution in [3.8, 4) is 0 Å². The molecular weight excluding hydrogens is 280 g/mol. The number of hydrogen-bond acceptors (Lipinski definition) is 3. The van der Waals surface area contributed by atoms with Gasteiger partial charge in [0.2, 0.25) is 5.91 Å². The Labute approximate surface area is 131 Å². The highest BCUT2D eigenvalue weighted by Gasteiger charge is 2.30. The first-order valence-corrected chi connectivity index (χ1v) is 7.70. The van der Waals surface area contributed by atoms with Gasteiger partial charge in [0.1, 0.15) is 0 Å². The summed E-state index contributed by atoms with van der Waals surface area (Å²) in [4.78, 5) is 25.8. The minimum absolute atomic E-state index is 0.0145. The first kappa shape index (κ1) is 16.5. The summed E-state index contributed by atoms with van der Waals surface area (Å²) in [6, 6.07) is 7.32. The van der Waals surface area contributed by atoms with Gasteiger partial charge < -0.3 is 15.0 Å². The monoisotopic (exact) mass is 304 g/mol. The van der Waals surface area contributed by atoms with Gasteiger partial charge in [0, 0.05) is 32.8 Å². The summed E-state index contributed by atoms with van der Waals surface area (Å²) in [5.74, 6) is -0.0318. The summed E-state index contributed by atoms with van der Waals surface area (Å²) in [7, 11) is 3.42. The average Bonchev–Trinajstić information content (AvgIpc) is 2.54. The molecule has 120 valence electrons. The van der Waals surface area contributed by atoms with Crippen LogP contribution in [0.25, 0.3) is 0 Å². The summed E-state index contributed by atoms with van der Waals surface area (Å²) in [6.45, 7) is 3.25. The van der Waals surface area contributed by atoms with Crippen LogP contribution < -0.4 is 5.32 Å². The van der Waals surface area contributed by atoms with Gasteiger partial charge in [-0.3, -0.25) is 9.59 Å². The van der Waals surface area contributed by atoms with Crippen LogP contribution in [0.15, 0.2) is 24.3 Å². The molecule has 0 saturated carbocycles. The molecule has 1 aliphatic rings. The molecule has 2 amide bonds. The van der Waals surface area contributed by atoms with E-state index in [-0.39, 0.29) is 23.8 Å². The molecule has 0 spiro atoms. The second kappa shape index (κ2) is 7.40. The maximum absolute atomic E-state index is 12.5. The van der Waals surface area contributed by atoms with E-state index in [0.717, 1.165) is 25.0 Å². The van der Waals surface area contributed by atoms with Crippen molar-refractivity contribution in [3.05, 3.63) is 35.4 Å². The third kappa shape index (κ3) is 3.85. The molecule has 0 bridgehead atoms. The Balaban J connectivity index is 1.97. The van der Waals surface area contributed by atoms with E-state index in [4.69, 9.17) is 4.74 Å². The minimum atomic E-state index is -0.107. The van der Waals surface area contributed by atoms with Crippen LogP contribution in [0.1, 0.15) is 35.7 Å². The molecule has 1 heterocycles. The van der Waals surface area contributed by atoms with Crippen LogP contribution in [-0.4, -0.2) is 43.5 Å². The highest BCUT2D eigenvalue weighted by Crippen LogP contribution is 2.23. The van der Waals surface area contributed by atoms with E-state index in [0.29, 0.717) is 12.1 Å². The maximum Gasteiger partial charge on any atom is 0.251 e. The number of carbonyl (C=O) groups is 2. The van der Waals surface area contributed by atoms with Crippen molar-refractivity contribution in [3.63, 3.8) is 0 Å². The molecular formula is C17H24N2O3. The smallest absolute Gasteiger partial charge is 0.251 e.